The molecule has 0 saturated heterocycles. The fourth-order valence-electron chi connectivity index (χ4n) is 1.46. The number of methoxy groups -OCH3 is 1. The van der Waals surface area contributed by atoms with Gasteiger partial charge in [-0.1, -0.05) is 0 Å². The molecule has 0 bridgehead atoms. The van der Waals surface area contributed by atoms with Gasteiger partial charge in [-0.25, -0.2) is 0 Å². The highest BCUT2D eigenvalue weighted by Crippen LogP contribution is 2.15. The lowest BCUT2D eigenvalue weighted by Crippen LogP contribution is -1.99. The van der Waals surface area contributed by atoms with Crippen LogP contribution in [0.1, 0.15) is 21.9 Å². The van der Waals surface area contributed by atoms with E-state index < -0.39 is 0 Å². The zero-order chi connectivity index (χ0) is 12.3. The lowest BCUT2D eigenvalue weighted by molar-refractivity contribution is 0.1000. The van der Waals surface area contributed by atoms with Gasteiger partial charge in [0.1, 0.15) is 12.4 Å². The van der Waals surface area contributed by atoms with Crippen LogP contribution >= 0.6 is 22.6 Å². The third-order valence-corrected chi connectivity index (χ3v) is 3.00. The standard InChI is InChI=1S/C13H11IO3/c1-16-8-11-6-7-12(17-11)13(15)9-2-4-10(14)5-3-9/h2-7H,8H2,1H3. The number of ether oxygens (including phenoxy) is 1. The molecule has 0 aliphatic heterocycles. The van der Waals surface area contributed by atoms with E-state index in [9.17, 15) is 4.79 Å². The van der Waals surface area contributed by atoms with Gasteiger partial charge < -0.3 is 9.15 Å². The zero-order valence-electron chi connectivity index (χ0n) is 9.27. The molecule has 0 atom stereocenters. The molecule has 0 spiro atoms. The second-order valence-corrected chi connectivity index (χ2v) is 4.78. The van der Waals surface area contributed by atoms with Crippen LogP contribution in [0.4, 0.5) is 0 Å². The van der Waals surface area contributed by atoms with Gasteiger partial charge in [0.05, 0.1) is 0 Å². The van der Waals surface area contributed by atoms with Crippen molar-refractivity contribution in [2.75, 3.05) is 7.11 Å². The SMILES string of the molecule is COCc1ccc(C(=O)c2ccc(I)cc2)o1. The zero-order valence-corrected chi connectivity index (χ0v) is 11.4. The Morgan fingerprint density at radius 1 is 1.24 bits per heavy atom. The predicted octanol–water partition coefficient (Wildman–Crippen LogP) is 3.26. The van der Waals surface area contributed by atoms with Crippen LogP contribution in [0.25, 0.3) is 0 Å². The van der Waals surface area contributed by atoms with Crippen LogP contribution in [0.3, 0.4) is 0 Å². The maximum Gasteiger partial charge on any atom is 0.228 e. The number of hydrogen-bond donors (Lipinski definition) is 0. The predicted molar refractivity (Wildman–Crippen MR) is 72.0 cm³/mol. The van der Waals surface area contributed by atoms with Crippen molar-refractivity contribution in [3.05, 3.63) is 57.1 Å². The van der Waals surface area contributed by atoms with Crippen molar-refractivity contribution in [2.45, 2.75) is 6.61 Å². The third kappa shape index (κ3) is 2.95. The molecule has 1 aromatic heterocycles. The van der Waals surface area contributed by atoms with Gasteiger partial charge in [0, 0.05) is 16.2 Å². The second-order valence-electron chi connectivity index (χ2n) is 3.53. The van der Waals surface area contributed by atoms with E-state index in [0.717, 1.165) is 3.57 Å². The van der Waals surface area contributed by atoms with Gasteiger partial charge in [-0.3, -0.25) is 4.79 Å². The quantitative estimate of drug-likeness (QED) is 0.633. The summed E-state index contributed by atoms with van der Waals surface area (Å²) in [6.45, 7) is 0.375. The Hall–Kier alpha value is -1.14. The minimum absolute atomic E-state index is 0.108. The molecular weight excluding hydrogens is 331 g/mol. The minimum atomic E-state index is -0.108. The van der Waals surface area contributed by atoms with Crippen LogP contribution in [-0.4, -0.2) is 12.9 Å². The minimum Gasteiger partial charge on any atom is -0.455 e. The van der Waals surface area contributed by atoms with E-state index in [-0.39, 0.29) is 5.78 Å². The first-order chi connectivity index (χ1) is 8.20. The van der Waals surface area contributed by atoms with Gasteiger partial charge >= 0.3 is 0 Å². The first-order valence-electron chi connectivity index (χ1n) is 5.08. The number of benzene rings is 1. The molecule has 17 heavy (non-hydrogen) atoms. The van der Waals surface area contributed by atoms with E-state index in [2.05, 4.69) is 22.6 Å². The first kappa shape index (κ1) is 12.3. The van der Waals surface area contributed by atoms with Crippen LogP contribution in [0.15, 0.2) is 40.8 Å². The van der Waals surface area contributed by atoms with Crippen molar-refractivity contribution in [1.82, 2.24) is 0 Å². The van der Waals surface area contributed by atoms with Gasteiger partial charge in [-0.15, -0.1) is 0 Å². The second kappa shape index (κ2) is 5.46. The summed E-state index contributed by atoms with van der Waals surface area (Å²) in [6, 6.07) is 10.8. The monoisotopic (exact) mass is 342 g/mol. The van der Waals surface area contributed by atoms with Gasteiger partial charge in [-0.2, -0.15) is 0 Å². The topological polar surface area (TPSA) is 39.4 Å². The van der Waals surface area contributed by atoms with Crippen molar-refractivity contribution in [3.8, 4) is 0 Å². The summed E-state index contributed by atoms with van der Waals surface area (Å²) >= 11 is 2.20. The molecule has 88 valence electrons. The van der Waals surface area contributed by atoms with Crippen LogP contribution in [-0.2, 0) is 11.3 Å². The molecule has 1 heterocycles. The van der Waals surface area contributed by atoms with Gasteiger partial charge in [0.2, 0.25) is 5.78 Å². The lowest BCUT2D eigenvalue weighted by Gasteiger charge is -1.98. The Morgan fingerprint density at radius 2 is 1.94 bits per heavy atom. The molecule has 2 aromatic rings. The molecule has 2 rings (SSSR count). The Labute approximate surface area is 113 Å². The van der Waals surface area contributed by atoms with E-state index in [4.69, 9.17) is 9.15 Å². The Bertz CT molecular complexity index is 514. The van der Waals surface area contributed by atoms with E-state index in [1.165, 1.54) is 0 Å². The molecule has 0 amide bonds. The Kier molecular flexibility index (Phi) is 3.96. The van der Waals surface area contributed by atoms with Gasteiger partial charge in [-0.05, 0) is 59.0 Å². The van der Waals surface area contributed by atoms with Crippen molar-refractivity contribution >= 4 is 28.4 Å². The molecule has 4 heteroatoms. The molecule has 0 unspecified atom stereocenters. The van der Waals surface area contributed by atoms with Crippen LogP contribution in [0.2, 0.25) is 0 Å². The highest BCUT2D eigenvalue weighted by Gasteiger charge is 2.13. The smallest absolute Gasteiger partial charge is 0.228 e. The summed E-state index contributed by atoms with van der Waals surface area (Å²) in [6.07, 6.45) is 0. The number of furan rings is 1. The number of halogens is 1. The maximum atomic E-state index is 12.0. The Balaban J connectivity index is 2.21. The van der Waals surface area contributed by atoms with Crippen LogP contribution in [0.5, 0.6) is 0 Å². The van der Waals surface area contributed by atoms with Crippen LogP contribution in [0, 0.1) is 3.57 Å². The van der Waals surface area contributed by atoms with Crippen LogP contribution < -0.4 is 0 Å². The lowest BCUT2D eigenvalue weighted by atomic mass is 10.1. The summed E-state index contributed by atoms with van der Waals surface area (Å²) in [5, 5.41) is 0. The maximum absolute atomic E-state index is 12.0. The van der Waals surface area contributed by atoms with Crippen molar-refractivity contribution in [1.29, 1.82) is 0 Å². The molecular formula is C13H11IO3. The van der Waals surface area contributed by atoms with Crippen molar-refractivity contribution < 1.29 is 13.9 Å². The average molecular weight is 342 g/mol. The number of carbonyl (C=O) groups excluding carboxylic acids is 1. The van der Waals surface area contributed by atoms with Gasteiger partial charge in [0.15, 0.2) is 5.76 Å². The fourth-order valence-corrected chi connectivity index (χ4v) is 1.82. The summed E-state index contributed by atoms with van der Waals surface area (Å²) < 4.78 is 11.4. The summed E-state index contributed by atoms with van der Waals surface area (Å²) in [4.78, 5) is 12.0. The van der Waals surface area contributed by atoms with Crippen molar-refractivity contribution in [3.63, 3.8) is 0 Å². The van der Waals surface area contributed by atoms with E-state index >= 15 is 0 Å². The normalized spacial score (nSPS) is 10.5. The first-order valence-corrected chi connectivity index (χ1v) is 6.16. The number of ketones is 1. The fraction of sp³-hybridized carbons (Fsp3) is 0.154. The number of rotatable bonds is 4. The van der Waals surface area contributed by atoms with E-state index in [0.29, 0.717) is 23.7 Å². The van der Waals surface area contributed by atoms with Gasteiger partial charge in [0.25, 0.3) is 0 Å². The summed E-state index contributed by atoms with van der Waals surface area (Å²) in [5.74, 6) is 0.892. The average Bonchev–Trinajstić information content (AvgIpc) is 2.78. The van der Waals surface area contributed by atoms with E-state index in [1.807, 2.05) is 12.1 Å². The Morgan fingerprint density at radius 3 is 2.59 bits per heavy atom. The summed E-state index contributed by atoms with van der Waals surface area (Å²) in [5.41, 5.74) is 0.628. The highest BCUT2D eigenvalue weighted by molar-refractivity contribution is 14.1. The summed E-state index contributed by atoms with van der Waals surface area (Å²) in [7, 11) is 1.59. The number of hydrogen-bond acceptors (Lipinski definition) is 3. The largest absolute Gasteiger partial charge is 0.455 e. The number of carbonyl (C=O) groups is 1. The molecule has 3 nitrogen and oxygen atoms in total. The van der Waals surface area contributed by atoms with E-state index in [1.54, 1.807) is 31.4 Å². The molecule has 0 aliphatic rings. The third-order valence-electron chi connectivity index (χ3n) is 2.28. The van der Waals surface area contributed by atoms with Crippen molar-refractivity contribution in [2.24, 2.45) is 0 Å². The molecule has 0 saturated carbocycles. The highest BCUT2D eigenvalue weighted by atomic mass is 127. The molecule has 0 N–H and O–H groups in total. The molecule has 1 aromatic carbocycles. The molecule has 0 radical (unpaired) electrons. The molecule has 0 fully saturated rings. The molecule has 0 aliphatic carbocycles.